The molecule has 0 aliphatic carbocycles. The van der Waals surface area contributed by atoms with E-state index in [1.807, 2.05) is 0 Å². The Labute approximate surface area is 161 Å². The predicted octanol–water partition coefficient (Wildman–Crippen LogP) is -2.91. The normalized spacial score (nSPS) is 28.3. The van der Waals surface area contributed by atoms with Gasteiger partial charge in [0.25, 0.3) is 0 Å². The topological polar surface area (TPSA) is 193 Å². The van der Waals surface area contributed by atoms with E-state index in [9.17, 15) is 19.6 Å². The lowest BCUT2D eigenvalue weighted by Crippen LogP contribution is -2.64. The van der Waals surface area contributed by atoms with Gasteiger partial charge in [0.2, 0.25) is 5.91 Å². The van der Waals surface area contributed by atoms with Gasteiger partial charge in [-0.25, -0.2) is 4.57 Å². The van der Waals surface area contributed by atoms with Gasteiger partial charge in [-0.15, -0.1) is 0 Å². The second-order valence-corrected chi connectivity index (χ2v) is 7.06. The first-order valence-corrected chi connectivity index (χ1v) is 10.0. The van der Waals surface area contributed by atoms with Gasteiger partial charge in [0.15, 0.2) is 6.29 Å². The molecule has 0 saturated carbocycles. The minimum atomic E-state index is -5.04. The summed E-state index contributed by atoms with van der Waals surface area (Å²) < 4.78 is 35.7. The molecule has 166 valence electrons. The number of methoxy groups -OCH3 is 1. The fourth-order valence-corrected chi connectivity index (χ4v) is 2.80. The Hall–Kier alpha value is -0.700. The number of rotatable bonds is 13. The molecule has 28 heavy (non-hydrogen) atoms. The SMILES string of the molecule is COCCOCCOCCC(=O)N[C@@H]1C(O)[C@@H](O)C(CO)O[C@H]1OP(=O)(O)O. The summed E-state index contributed by atoms with van der Waals surface area (Å²) in [5.74, 6) is -0.637. The maximum absolute atomic E-state index is 12.0. The molecule has 1 heterocycles. The Bertz CT molecular complexity index is 503. The van der Waals surface area contributed by atoms with Crippen LogP contribution in [0.4, 0.5) is 0 Å². The predicted molar refractivity (Wildman–Crippen MR) is 91.0 cm³/mol. The minimum absolute atomic E-state index is 0.0228. The van der Waals surface area contributed by atoms with E-state index in [1.54, 1.807) is 7.11 Å². The largest absolute Gasteiger partial charge is 0.472 e. The molecule has 0 spiro atoms. The fraction of sp³-hybridized carbons (Fsp3) is 0.929. The maximum atomic E-state index is 12.0. The molecule has 0 aromatic carbocycles. The number of phosphoric ester groups is 1. The maximum Gasteiger partial charge on any atom is 0.472 e. The molecule has 1 aliphatic heterocycles. The van der Waals surface area contributed by atoms with Crippen molar-refractivity contribution >= 4 is 13.7 Å². The van der Waals surface area contributed by atoms with Crippen molar-refractivity contribution in [2.75, 3.05) is 46.8 Å². The van der Waals surface area contributed by atoms with Crippen LogP contribution in [0.25, 0.3) is 0 Å². The number of amides is 1. The summed E-state index contributed by atoms with van der Waals surface area (Å²) in [4.78, 5) is 29.9. The van der Waals surface area contributed by atoms with Crippen molar-refractivity contribution in [2.24, 2.45) is 0 Å². The Morgan fingerprint density at radius 2 is 1.68 bits per heavy atom. The molecule has 0 radical (unpaired) electrons. The summed E-state index contributed by atoms with van der Waals surface area (Å²) in [6, 6.07) is -1.48. The first-order chi connectivity index (χ1) is 13.2. The molecule has 1 fully saturated rings. The number of aliphatic hydroxyl groups is 3. The molecule has 1 amide bonds. The van der Waals surface area contributed by atoms with Gasteiger partial charge in [0.05, 0.1) is 39.6 Å². The van der Waals surface area contributed by atoms with Crippen LogP contribution in [0.3, 0.4) is 0 Å². The molecule has 1 aliphatic rings. The summed E-state index contributed by atoms with van der Waals surface area (Å²) in [6.07, 6.45) is -6.56. The van der Waals surface area contributed by atoms with Crippen LogP contribution in [0, 0.1) is 0 Å². The van der Waals surface area contributed by atoms with Crippen LogP contribution in [-0.4, -0.2) is 108 Å². The highest BCUT2D eigenvalue weighted by atomic mass is 31.2. The van der Waals surface area contributed by atoms with E-state index >= 15 is 0 Å². The van der Waals surface area contributed by atoms with Gasteiger partial charge in [-0.05, 0) is 0 Å². The van der Waals surface area contributed by atoms with Gasteiger partial charge in [-0.1, -0.05) is 0 Å². The van der Waals surface area contributed by atoms with Gasteiger partial charge in [-0.2, -0.15) is 0 Å². The molecule has 2 unspecified atom stereocenters. The molecular formula is C14H28NO12P. The van der Waals surface area contributed by atoms with E-state index in [4.69, 9.17) is 33.8 Å². The number of hydrogen-bond acceptors (Lipinski definition) is 10. The lowest BCUT2D eigenvalue weighted by molar-refractivity contribution is -0.248. The average molecular weight is 433 g/mol. The zero-order valence-electron chi connectivity index (χ0n) is 15.4. The average Bonchev–Trinajstić information content (AvgIpc) is 2.62. The highest BCUT2D eigenvalue weighted by molar-refractivity contribution is 7.46. The van der Waals surface area contributed by atoms with E-state index in [2.05, 4.69) is 9.84 Å². The van der Waals surface area contributed by atoms with Crippen LogP contribution in [0.2, 0.25) is 0 Å². The third kappa shape index (κ3) is 9.20. The smallest absolute Gasteiger partial charge is 0.394 e. The van der Waals surface area contributed by atoms with Gasteiger partial charge in [0, 0.05) is 13.5 Å². The van der Waals surface area contributed by atoms with Gasteiger partial charge in [-0.3, -0.25) is 9.32 Å². The summed E-state index contributed by atoms with van der Waals surface area (Å²) >= 11 is 0. The zero-order chi connectivity index (χ0) is 21.2. The van der Waals surface area contributed by atoms with E-state index in [0.717, 1.165) is 0 Å². The lowest BCUT2D eigenvalue weighted by atomic mass is 9.97. The van der Waals surface area contributed by atoms with E-state index in [1.165, 1.54) is 0 Å². The van der Waals surface area contributed by atoms with E-state index in [-0.39, 0.29) is 19.6 Å². The molecular weight excluding hydrogens is 405 g/mol. The number of carbonyl (C=O) groups excluding carboxylic acids is 1. The molecule has 0 aromatic rings. The van der Waals surface area contributed by atoms with Crippen LogP contribution in [0.15, 0.2) is 0 Å². The third-order valence-corrected chi connectivity index (χ3v) is 4.21. The number of aliphatic hydroxyl groups excluding tert-OH is 3. The first-order valence-electron chi connectivity index (χ1n) is 8.49. The second-order valence-electron chi connectivity index (χ2n) is 5.86. The number of phosphoric acid groups is 1. The Kier molecular flexibility index (Phi) is 11.6. The molecule has 1 saturated heterocycles. The third-order valence-electron chi connectivity index (χ3n) is 3.73. The summed E-state index contributed by atoms with van der Waals surface area (Å²) in [5, 5.41) is 31.4. The van der Waals surface area contributed by atoms with Crippen LogP contribution in [-0.2, 0) is 32.8 Å². The standard InChI is InChI=1S/C14H28NO12P/c1-23-4-5-25-7-6-24-3-2-10(17)15-11-13(19)12(18)9(8-16)26-14(11)27-28(20,21)22/h9,11-14,16,18-19H,2-8H2,1H3,(H,15,17)(H2,20,21,22)/t9?,11-,12+,13?,14+/m1/s1. The van der Waals surface area contributed by atoms with Crippen LogP contribution < -0.4 is 5.32 Å². The summed E-state index contributed by atoms with van der Waals surface area (Å²) in [6.45, 7) is 0.711. The Morgan fingerprint density at radius 3 is 2.25 bits per heavy atom. The fourth-order valence-electron chi connectivity index (χ4n) is 2.35. The van der Waals surface area contributed by atoms with Crippen molar-refractivity contribution < 1.29 is 57.9 Å². The second kappa shape index (κ2) is 12.8. The molecule has 14 heteroatoms. The quantitative estimate of drug-likeness (QED) is 0.128. The molecule has 1 rings (SSSR count). The van der Waals surface area contributed by atoms with Crippen molar-refractivity contribution in [2.45, 2.75) is 37.1 Å². The highest BCUT2D eigenvalue weighted by Gasteiger charge is 2.47. The van der Waals surface area contributed by atoms with Crippen LogP contribution in [0.5, 0.6) is 0 Å². The summed E-state index contributed by atoms with van der Waals surface area (Å²) in [7, 11) is -3.49. The monoisotopic (exact) mass is 433 g/mol. The van der Waals surface area contributed by atoms with Gasteiger partial charge >= 0.3 is 7.82 Å². The highest BCUT2D eigenvalue weighted by Crippen LogP contribution is 2.40. The molecule has 0 bridgehead atoms. The van der Waals surface area contributed by atoms with Crippen molar-refractivity contribution in [1.82, 2.24) is 5.32 Å². The molecule has 13 nitrogen and oxygen atoms in total. The number of hydrogen-bond donors (Lipinski definition) is 6. The minimum Gasteiger partial charge on any atom is -0.394 e. The zero-order valence-corrected chi connectivity index (χ0v) is 16.3. The molecule has 6 N–H and O–H groups in total. The Balaban J connectivity index is 2.48. The van der Waals surface area contributed by atoms with Crippen molar-refractivity contribution in [3.63, 3.8) is 0 Å². The lowest BCUT2D eigenvalue weighted by Gasteiger charge is -2.41. The number of nitrogens with one attached hydrogen (secondary N) is 1. The van der Waals surface area contributed by atoms with E-state index < -0.39 is 51.0 Å². The van der Waals surface area contributed by atoms with Crippen molar-refractivity contribution in [3.8, 4) is 0 Å². The Morgan fingerprint density at radius 1 is 1.07 bits per heavy atom. The van der Waals surface area contributed by atoms with Crippen molar-refractivity contribution in [3.05, 3.63) is 0 Å². The molecule has 5 atom stereocenters. The van der Waals surface area contributed by atoms with Crippen LogP contribution in [0.1, 0.15) is 6.42 Å². The van der Waals surface area contributed by atoms with Gasteiger partial charge < -0.3 is 49.4 Å². The van der Waals surface area contributed by atoms with E-state index in [0.29, 0.717) is 19.8 Å². The number of carbonyl (C=O) groups is 1. The number of ether oxygens (including phenoxy) is 4. The first kappa shape index (κ1) is 25.3. The van der Waals surface area contributed by atoms with Crippen molar-refractivity contribution in [1.29, 1.82) is 0 Å². The summed E-state index contributed by atoms with van der Waals surface area (Å²) in [5.41, 5.74) is 0. The van der Waals surface area contributed by atoms with Gasteiger partial charge in [0.1, 0.15) is 24.4 Å². The van der Waals surface area contributed by atoms with Crippen LogP contribution >= 0.6 is 7.82 Å². The molecule has 0 aromatic heterocycles.